The molecule has 1 aliphatic heterocycles. The second-order valence-electron chi connectivity index (χ2n) is 4.29. The van der Waals surface area contributed by atoms with Crippen LogP contribution in [0, 0.1) is 5.82 Å². The third-order valence-electron chi connectivity index (χ3n) is 2.94. The highest BCUT2D eigenvalue weighted by atomic mass is 19.1. The predicted octanol–water partition coefficient (Wildman–Crippen LogP) is 2.77. The first-order valence-corrected chi connectivity index (χ1v) is 5.60. The molecule has 1 aliphatic rings. The molecule has 0 fully saturated rings. The predicted molar refractivity (Wildman–Crippen MR) is 64.3 cm³/mol. The topological polar surface area (TPSA) is 66.8 Å². The smallest absolute Gasteiger partial charge is 0.174 e. The molecule has 0 saturated carbocycles. The number of phenolic OH excluding ortho intramolecular Hbond substituents is 2. The molecule has 0 atom stereocenters. The average molecular weight is 260 g/mol. The Morgan fingerprint density at radius 2 is 1.89 bits per heavy atom. The van der Waals surface area contributed by atoms with E-state index in [4.69, 9.17) is 4.74 Å². The molecule has 1 heterocycles. The van der Waals surface area contributed by atoms with E-state index in [-0.39, 0.29) is 29.2 Å². The van der Waals surface area contributed by atoms with E-state index in [1.165, 1.54) is 24.3 Å². The first-order chi connectivity index (χ1) is 9.04. The summed E-state index contributed by atoms with van der Waals surface area (Å²) in [4.78, 5) is 12.1. The normalized spacial score (nSPS) is 13.2. The number of ether oxygens (including phenoxy) is 1. The Morgan fingerprint density at radius 3 is 2.68 bits per heavy atom. The van der Waals surface area contributed by atoms with Crippen LogP contribution in [0.25, 0.3) is 0 Å². The molecule has 0 unspecified atom stereocenters. The SMILES string of the molecule is O=C1Cc2cc(F)ccc2Oc2cc(O)cc(O)c21. The summed E-state index contributed by atoms with van der Waals surface area (Å²) >= 11 is 0. The van der Waals surface area contributed by atoms with Crippen LogP contribution >= 0.6 is 0 Å². The Labute approximate surface area is 107 Å². The maximum absolute atomic E-state index is 13.2. The van der Waals surface area contributed by atoms with Gasteiger partial charge < -0.3 is 14.9 Å². The monoisotopic (exact) mass is 260 g/mol. The lowest BCUT2D eigenvalue weighted by Crippen LogP contribution is -2.02. The van der Waals surface area contributed by atoms with Gasteiger partial charge in [-0.2, -0.15) is 0 Å². The van der Waals surface area contributed by atoms with Crippen LogP contribution in [0.2, 0.25) is 0 Å². The van der Waals surface area contributed by atoms with Gasteiger partial charge in [0.2, 0.25) is 0 Å². The molecule has 0 bridgehead atoms. The maximum Gasteiger partial charge on any atom is 0.174 e. The van der Waals surface area contributed by atoms with Crippen molar-refractivity contribution in [2.75, 3.05) is 0 Å². The minimum atomic E-state index is -0.465. The molecule has 2 N–H and O–H groups in total. The van der Waals surface area contributed by atoms with Crippen molar-refractivity contribution in [2.24, 2.45) is 0 Å². The van der Waals surface area contributed by atoms with E-state index in [9.17, 15) is 19.4 Å². The number of aromatic hydroxyl groups is 2. The van der Waals surface area contributed by atoms with Crippen LogP contribution in [-0.4, -0.2) is 16.0 Å². The Kier molecular flexibility index (Phi) is 2.41. The van der Waals surface area contributed by atoms with E-state index in [1.54, 1.807) is 0 Å². The number of carbonyl (C=O) groups is 1. The molecule has 0 aromatic heterocycles. The van der Waals surface area contributed by atoms with Crippen LogP contribution in [0.4, 0.5) is 4.39 Å². The van der Waals surface area contributed by atoms with Crippen molar-refractivity contribution in [3.05, 3.63) is 47.3 Å². The Morgan fingerprint density at radius 1 is 1.11 bits per heavy atom. The average Bonchev–Trinajstić information content (AvgIpc) is 2.44. The van der Waals surface area contributed by atoms with Gasteiger partial charge in [0.25, 0.3) is 0 Å². The van der Waals surface area contributed by atoms with Crippen molar-refractivity contribution in [1.82, 2.24) is 0 Å². The second kappa shape index (κ2) is 3.98. The number of rotatable bonds is 0. The van der Waals surface area contributed by atoms with Crippen molar-refractivity contribution in [3.8, 4) is 23.0 Å². The molecule has 0 radical (unpaired) electrons. The van der Waals surface area contributed by atoms with Crippen molar-refractivity contribution < 1.29 is 24.1 Å². The minimum Gasteiger partial charge on any atom is -0.508 e. The highest BCUT2D eigenvalue weighted by molar-refractivity contribution is 6.03. The molecule has 2 aromatic rings. The van der Waals surface area contributed by atoms with Crippen LogP contribution in [0.3, 0.4) is 0 Å². The van der Waals surface area contributed by atoms with Gasteiger partial charge in [0.1, 0.15) is 34.4 Å². The molecular weight excluding hydrogens is 251 g/mol. The fourth-order valence-electron chi connectivity index (χ4n) is 2.11. The molecule has 96 valence electrons. The number of Topliss-reactive ketones (excluding diaryl/α,β-unsaturated/α-hetero) is 1. The zero-order valence-corrected chi connectivity index (χ0v) is 9.68. The lowest BCUT2D eigenvalue weighted by Gasteiger charge is -2.09. The van der Waals surface area contributed by atoms with Crippen LogP contribution < -0.4 is 4.74 Å². The molecule has 0 aliphatic carbocycles. The van der Waals surface area contributed by atoms with Gasteiger partial charge in [0.05, 0.1) is 0 Å². The molecule has 2 aromatic carbocycles. The van der Waals surface area contributed by atoms with Crippen LogP contribution in [0.5, 0.6) is 23.0 Å². The molecule has 0 saturated heterocycles. The molecule has 4 nitrogen and oxygen atoms in total. The summed E-state index contributed by atoms with van der Waals surface area (Å²) in [6, 6.07) is 6.16. The zero-order chi connectivity index (χ0) is 13.6. The Hall–Kier alpha value is -2.56. The molecule has 19 heavy (non-hydrogen) atoms. The Balaban J connectivity index is 2.21. The van der Waals surface area contributed by atoms with E-state index in [0.717, 1.165) is 6.07 Å². The lowest BCUT2D eigenvalue weighted by atomic mass is 10.0. The van der Waals surface area contributed by atoms with E-state index in [2.05, 4.69) is 0 Å². The standard InChI is InChI=1S/C14H9FO4/c15-8-1-2-12-7(3-8)4-10(17)14-11(18)5-9(16)6-13(14)19-12/h1-3,5-6,16,18H,4H2. The summed E-state index contributed by atoms with van der Waals surface area (Å²) in [5.74, 6) is -1.03. The van der Waals surface area contributed by atoms with Gasteiger partial charge in [-0.3, -0.25) is 4.79 Å². The second-order valence-corrected chi connectivity index (χ2v) is 4.29. The summed E-state index contributed by atoms with van der Waals surface area (Å²) in [7, 11) is 0. The van der Waals surface area contributed by atoms with E-state index in [0.29, 0.717) is 11.3 Å². The highest BCUT2D eigenvalue weighted by Gasteiger charge is 2.25. The number of halogens is 1. The summed E-state index contributed by atoms with van der Waals surface area (Å²) in [5.41, 5.74) is 0.398. The molecular formula is C14H9FO4. The third-order valence-corrected chi connectivity index (χ3v) is 2.94. The van der Waals surface area contributed by atoms with Crippen LogP contribution in [0.15, 0.2) is 30.3 Å². The maximum atomic E-state index is 13.2. The number of carbonyl (C=O) groups excluding carboxylic acids is 1. The Bertz CT molecular complexity index is 694. The summed E-state index contributed by atoms with van der Waals surface area (Å²) < 4.78 is 18.7. The van der Waals surface area contributed by atoms with Crippen molar-refractivity contribution >= 4 is 5.78 Å². The molecule has 5 heteroatoms. The van der Waals surface area contributed by atoms with Crippen molar-refractivity contribution in [2.45, 2.75) is 6.42 Å². The van der Waals surface area contributed by atoms with Crippen molar-refractivity contribution in [3.63, 3.8) is 0 Å². The quantitative estimate of drug-likeness (QED) is 0.764. The number of phenols is 2. The largest absolute Gasteiger partial charge is 0.508 e. The summed E-state index contributed by atoms with van der Waals surface area (Å²) in [5, 5.41) is 19.2. The van der Waals surface area contributed by atoms with Crippen LogP contribution in [-0.2, 0) is 6.42 Å². The summed E-state index contributed by atoms with van der Waals surface area (Å²) in [6.45, 7) is 0. The minimum absolute atomic E-state index is 0.00518. The fourth-order valence-corrected chi connectivity index (χ4v) is 2.11. The highest BCUT2D eigenvalue weighted by Crippen LogP contribution is 2.40. The number of hydrogen-bond acceptors (Lipinski definition) is 4. The van der Waals surface area contributed by atoms with E-state index < -0.39 is 11.6 Å². The third kappa shape index (κ3) is 1.89. The van der Waals surface area contributed by atoms with Gasteiger partial charge in [0.15, 0.2) is 5.78 Å². The van der Waals surface area contributed by atoms with Gasteiger partial charge in [-0.25, -0.2) is 4.39 Å². The van der Waals surface area contributed by atoms with Crippen molar-refractivity contribution in [1.29, 1.82) is 0 Å². The molecule has 3 rings (SSSR count). The first-order valence-electron chi connectivity index (χ1n) is 5.60. The number of hydrogen-bond donors (Lipinski definition) is 2. The van der Waals surface area contributed by atoms with E-state index >= 15 is 0 Å². The first kappa shape index (κ1) is 11.5. The van der Waals surface area contributed by atoms with Gasteiger partial charge in [-0.1, -0.05) is 0 Å². The summed E-state index contributed by atoms with van der Waals surface area (Å²) in [6.07, 6.45) is -0.0710. The van der Waals surface area contributed by atoms with Gasteiger partial charge in [-0.15, -0.1) is 0 Å². The number of benzene rings is 2. The lowest BCUT2D eigenvalue weighted by molar-refractivity contribution is 0.0991. The van der Waals surface area contributed by atoms with Gasteiger partial charge in [0, 0.05) is 24.1 Å². The van der Waals surface area contributed by atoms with Crippen LogP contribution in [0.1, 0.15) is 15.9 Å². The number of ketones is 1. The van der Waals surface area contributed by atoms with Gasteiger partial charge >= 0.3 is 0 Å². The number of fused-ring (bicyclic) bond motifs is 2. The van der Waals surface area contributed by atoms with Gasteiger partial charge in [-0.05, 0) is 18.2 Å². The zero-order valence-electron chi connectivity index (χ0n) is 9.68. The fraction of sp³-hybridized carbons (Fsp3) is 0.0714. The molecule has 0 spiro atoms. The molecule has 0 amide bonds. The van der Waals surface area contributed by atoms with E-state index in [1.807, 2.05) is 0 Å².